The number of halogens is 3. The molecule has 4 fully saturated rings. The number of aliphatic hydroxyl groups excluding tert-OH is 1. The summed E-state index contributed by atoms with van der Waals surface area (Å²) < 4.78 is 54.7. The van der Waals surface area contributed by atoms with Crippen molar-refractivity contribution >= 4 is 11.8 Å². The van der Waals surface area contributed by atoms with Crippen LogP contribution in [-0.2, 0) is 14.3 Å². The molecule has 0 heterocycles. The number of esters is 1. The van der Waals surface area contributed by atoms with Crippen molar-refractivity contribution in [3.63, 3.8) is 0 Å². The number of Topliss-reactive ketones (excluding diaryl/α,β-unsaturated/α-hetero) is 1. The van der Waals surface area contributed by atoms with Crippen LogP contribution >= 0.6 is 0 Å². The largest absolute Gasteiger partial charge is 0.491 e. The van der Waals surface area contributed by atoms with Crippen LogP contribution in [-0.4, -0.2) is 41.9 Å². The summed E-state index contributed by atoms with van der Waals surface area (Å²) in [4.78, 5) is 27.2. The molecule has 1 N–H and O–H groups in total. The summed E-state index contributed by atoms with van der Waals surface area (Å²) >= 11 is 0. The third-order valence-corrected chi connectivity index (χ3v) is 14.1. The first-order valence-electron chi connectivity index (χ1n) is 18.5. The summed E-state index contributed by atoms with van der Waals surface area (Å²) in [6, 6.07) is 8.46. The van der Waals surface area contributed by atoms with Crippen molar-refractivity contribution in [1.29, 1.82) is 0 Å². The van der Waals surface area contributed by atoms with Gasteiger partial charge in [-0.25, -0.2) is 4.79 Å². The number of hydrogen-bond donors (Lipinski definition) is 1. The van der Waals surface area contributed by atoms with E-state index in [1.165, 1.54) is 13.8 Å². The Bertz CT molecular complexity index is 1540. The fourth-order valence-corrected chi connectivity index (χ4v) is 11.4. The maximum atomic E-state index is 14.2. The van der Waals surface area contributed by atoms with Gasteiger partial charge in [0.2, 0.25) is 0 Å². The van der Waals surface area contributed by atoms with E-state index < -0.39 is 54.2 Å². The van der Waals surface area contributed by atoms with Crippen molar-refractivity contribution < 1.29 is 37.3 Å². The molecule has 0 aromatic heterocycles. The van der Waals surface area contributed by atoms with E-state index in [1.54, 1.807) is 37.3 Å². The second-order valence-corrected chi connectivity index (χ2v) is 17.0. The van der Waals surface area contributed by atoms with Gasteiger partial charge >= 0.3 is 12.1 Å². The maximum absolute atomic E-state index is 14.2. The molecule has 276 valence electrons. The SMILES string of the molecule is C=C(C)OC1C[C@@]2(C)[C@@H](C[C@@H](O)[C@H]3[C@@]4(C)CC[C@@H](C)[C@H](C)[C@@H]4CC[C@@]32C)/C1=C(\CCC(=C(C)C)C(F)(F)F)C(=O)OCC(=O)c1ccccc1. The molecule has 0 saturated heterocycles. The van der Waals surface area contributed by atoms with Crippen molar-refractivity contribution in [3.8, 4) is 0 Å². The molecule has 4 saturated carbocycles. The zero-order chi connectivity index (χ0) is 37.0. The van der Waals surface area contributed by atoms with Crippen LogP contribution in [0.4, 0.5) is 13.2 Å². The Morgan fingerprint density at radius 3 is 2.24 bits per heavy atom. The molecule has 8 heteroatoms. The first-order valence-corrected chi connectivity index (χ1v) is 18.5. The van der Waals surface area contributed by atoms with E-state index in [0.29, 0.717) is 47.5 Å². The zero-order valence-electron chi connectivity index (χ0n) is 31.2. The first kappa shape index (κ1) is 38.4. The van der Waals surface area contributed by atoms with Crippen molar-refractivity contribution in [1.82, 2.24) is 0 Å². The topological polar surface area (TPSA) is 72.8 Å². The van der Waals surface area contributed by atoms with Gasteiger partial charge in [0, 0.05) is 16.7 Å². The Balaban J connectivity index is 1.61. The molecule has 0 bridgehead atoms. The van der Waals surface area contributed by atoms with Gasteiger partial charge < -0.3 is 14.6 Å². The van der Waals surface area contributed by atoms with Crippen LogP contribution in [0.5, 0.6) is 0 Å². The minimum Gasteiger partial charge on any atom is -0.491 e. The fraction of sp³-hybridized carbons (Fsp3) is 0.667. The summed E-state index contributed by atoms with van der Waals surface area (Å²) in [6.45, 7) is 19.7. The van der Waals surface area contributed by atoms with E-state index in [0.717, 1.165) is 25.7 Å². The summed E-state index contributed by atoms with van der Waals surface area (Å²) in [6.07, 6.45) is -1.48. The normalized spacial score (nSPS) is 37.5. The molecule has 1 aromatic carbocycles. The van der Waals surface area contributed by atoms with E-state index >= 15 is 0 Å². The molecule has 0 amide bonds. The molecule has 1 unspecified atom stereocenters. The molecular weight excluding hydrogens is 641 g/mol. The van der Waals surface area contributed by atoms with Gasteiger partial charge in [-0.15, -0.1) is 0 Å². The number of ketones is 1. The lowest BCUT2D eigenvalue weighted by atomic mass is 9.36. The van der Waals surface area contributed by atoms with Crippen LogP contribution in [0.3, 0.4) is 0 Å². The van der Waals surface area contributed by atoms with Gasteiger partial charge in [-0.2, -0.15) is 13.2 Å². The van der Waals surface area contributed by atoms with Gasteiger partial charge in [0.1, 0.15) is 6.10 Å². The molecular formula is C42H57F3O5. The number of rotatable bonds is 9. The van der Waals surface area contributed by atoms with Crippen molar-refractivity contribution in [3.05, 3.63) is 70.5 Å². The molecule has 1 aromatic rings. The second-order valence-electron chi connectivity index (χ2n) is 17.0. The Labute approximate surface area is 296 Å². The van der Waals surface area contributed by atoms with Crippen LogP contribution in [0, 0.1) is 45.8 Å². The van der Waals surface area contributed by atoms with Crippen LogP contribution in [0.2, 0.25) is 0 Å². The number of ether oxygens (including phenoxy) is 2. The summed E-state index contributed by atoms with van der Waals surface area (Å²) in [5.41, 5.74) is -0.290. The first-order chi connectivity index (χ1) is 23.3. The van der Waals surface area contributed by atoms with E-state index in [2.05, 4.69) is 41.2 Å². The monoisotopic (exact) mass is 698 g/mol. The maximum Gasteiger partial charge on any atom is 0.412 e. The smallest absolute Gasteiger partial charge is 0.412 e. The van der Waals surface area contributed by atoms with E-state index in [9.17, 15) is 27.9 Å². The molecule has 5 nitrogen and oxygen atoms in total. The molecule has 5 rings (SSSR count). The Kier molecular flexibility index (Phi) is 10.7. The summed E-state index contributed by atoms with van der Waals surface area (Å²) in [5, 5.41) is 12.3. The molecule has 4 aliphatic carbocycles. The van der Waals surface area contributed by atoms with Gasteiger partial charge in [-0.1, -0.05) is 77.1 Å². The van der Waals surface area contributed by atoms with Gasteiger partial charge in [0.05, 0.1) is 11.9 Å². The van der Waals surface area contributed by atoms with Crippen LogP contribution in [0.25, 0.3) is 0 Å². The lowest BCUT2D eigenvalue weighted by Crippen LogP contribution is -2.65. The lowest BCUT2D eigenvalue weighted by molar-refractivity contribution is -0.229. The highest BCUT2D eigenvalue weighted by molar-refractivity contribution is 5.99. The number of alkyl halides is 3. The second kappa shape index (κ2) is 13.9. The van der Waals surface area contributed by atoms with Gasteiger partial charge in [0.15, 0.2) is 12.4 Å². The number of carbonyl (C=O) groups is 2. The Hall–Kier alpha value is -2.87. The molecule has 4 aliphatic rings. The van der Waals surface area contributed by atoms with E-state index in [4.69, 9.17) is 9.47 Å². The van der Waals surface area contributed by atoms with Gasteiger partial charge in [0.25, 0.3) is 0 Å². The minimum absolute atomic E-state index is 0.0242. The standard InChI is InChI=1S/C42H57F3O5/c1-24(2)30(42(43,44)45)16-15-29(38(48)49-23-34(47)28-13-11-10-12-14-28)36-32-21-33(46)37-39(7)19-17-26(5)27(6)31(39)18-20-40(37,8)41(32,9)22-35(36)50-25(3)4/h10-14,26-27,31-33,35,37,46H,3,15-23H2,1-2,4-9H3/b36-29-/t26-,27+,31+,32+,33-,35?,37+,39+,40+,41+/m1/s1. The third-order valence-electron chi connectivity index (χ3n) is 14.1. The third kappa shape index (κ3) is 6.63. The molecule has 0 aliphatic heterocycles. The Morgan fingerprint density at radius 2 is 1.64 bits per heavy atom. The fourth-order valence-electron chi connectivity index (χ4n) is 11.4. The van der Waals surface area contributed by atoms with Crippen LogP contribution < -0.4 is 0 Å². The average Bonchev–Trinajstić information content (AvgIpc) is 3.30. The number of allylic oxidation sites excluding steroid dienone is 3. The van der Waals surface area contributed by atoms with Crippen LogP contribution in [0.1, 0.15) is 117 Å². The van der Waals surface area contributed by atoms with E-state index in [-0.39, 0.29) is 40.2 Å². The average molecular weight is 699 g/mol. The number of hydrogen-bond acceptors (Lipinski definition) is 5. The van der Waals surface area contributed by atoms with Gasteiger partial charge in [-0.05, 0) is 124 Å². The lowest BCUT2D eigenvalue weighted by Gasteiger charge is -2.69. The number of aliphatic hydroxyl groups is 1. The highest BCUT2D eigenvalue weighted by Gasteiger charge is 2.70. The predicted molar refractivity (Wildman–Crippen MR) is 189 cm³/mol. The van der Waals surface area contributed by atoms with Gasteiger partial charge in [-0.3, -0.25) is 4.79 Å². The summed E-state index contributed by atoms with van der Waals surface area (Å²) in [7, 11) is 0. The molecule has 0 radical (unpaired) electrons. The highest BCUT2D eigenvalue weighted by Crippen LogP contribution is 2.74. The summed E-state index contributed by atoms with van der Waals surface area (Å²) in [5.74, 6) is 0.581. The molecule has 0 spiro atoms. The van der Waals surface area contributed by atoms with Crippen molar-refractivity contribution in [2.75, 3.05) is 6.61 Å². The number of fused-ring (bicyclic) bond motifs is 5. The quantitative estimate of drug-likeness (QED) is 0.0914. The number of carbonyl (C=O) groups excluding carboxylic acids is 2. The van der Waals surface area contributed by atoms with E-state index in [1.807, 2.05) is 0 Å². The predicted octanol–water partition coefficient (Wildman–Crippen LogP) is 10.2. The molecule has 10 atom stereocenters. The van der Waals surface area contributed by atoms with Crippen LogP contribution in [0.15, 0.2) is 65.0 Å². The molecule has 50 heavy (non-hydrogen) atoms. The van der Waals surface area contributed by atoms with Crippen molar-refractivity contribution in [2.45, 2.75) is 125 Å². The Morgan fingerprint density at radius 1 is 0.980 bits per heavy atom. The van der Waals surface area contributed by atoms with Crippen molar-refractivity contribution in [2.24, 2.45) is 45.8 Å². The number of benzene rings is 1. The minimum atomic E-state index is -4.57. The zero-order valence-corrected chi connectivity index (χ0v) is 31.2. The highest BCUT2D eigenvalue weighted by atomic mass is 19.4.